The molecule has 0 aliphatic rings. The molecular formula is C25H25FN4O. The molecule has 2 heterocycles. The van der Waals surface area contributed by atoms with E-state index in [1.807, 2.05) is 60.7 Å². The molecule has 0 radical (unpaired) electrons. The van der Waals surface area contributed by atoms with Gasteiger partial charge in [0.25, 0.3) is 5.91 Å². The molecule has 0 fully saturated rings. The summed E-state index contributed by atoms with van der Waals surface area (Å²) in [6.45, 7) is 4.53. The summed E-state index contributed by atoms with van der Waals surface area (Å²) in [4.78, 5) is 24.4. The first kappa shape index (κ1) is 20.7. The molecule has 1 atom stereocenters. The molecule has 31 heavy (non-hydrogen) atoms. The van der Waals surface area contributed by atoms with Gasteiger partial charge in [0.2, 0.25) is 0 Å². The highest BCUT2D eigenvalue weighted by atomic mass is 19.1. The van der Waals surface area contributed by atoms with E-state index in [-0.39, 0.29) is 17.8 Å². The minimum absolute atomic E-state index is 0.0924. The van der Waals surface area contributed by atoms with Gasteiger partial charge in [-0.25, -0.2) is 9.37 Å². The van der Waals surface area contributed by atoms with Gasteiger partial charge in [-0.05, 0) is 60.9 Å². The second-order valence-corrected chi connectivity index (χ2v) is 7.66. The monoisotopic (exact) mass is 416 g/mol. The van der Waals surface area contributed by atoms with E-state index in [1.54, 1.807) is 24.5 Å². The van der Waals surface area contributed by atoms with Crippen molar-refractivity contribution in [1.29, 1.82) is 0 Å². The molecule has 1 amide bonds. The minimum atomic E-state index is -0.372. The highest BCUT2D eigenvalue weighted by Gasteiger charge is 2.28. The smallest absolute Gasteiger partial charge is 0.254 e. The van der Waals surface area contributed by atoms with Crippen molar-refractivity contribution in [3.8, 4) is 0 Å². The summed E-state index contributed by atoms with van der Waals surface area (Å²) < 4.78 is 15.6. The number of nitrogens with zero attached hydrogens (tertiary/aromatic N) is 4. The summed E-state index contributed by atoms with van der Waals surface area (Å²) in [5.41, 5.74) is 4.08. The lowest BCUT2D eigenvalue weighted by molar-refractivity contribution is 0.0706. The molecule has 4 aromatic rings. The molecule has 1 unspecified atom stereocenters. The number of carbonyl (C=O) groups is 1. The number of carbonyl (C=O) groups excluding carboxylic acids is 1. The summed E-state index contributed by atoms with van der Waals surface area (Å²) in [6.07, 6.45) is 4.25. The molecule has 4 rings (SSSR count). The normalized spacial score (nSPS) is 12.1. The number of hydrogen-bond donors (Lipinski definition) is 0. The topological polar surface area (TPSA) is 51.0 Å². The number of rotatable bonds is 6. The van der Waals surface area contributed by atoms with E-state index in [0.29, 0.717) is 12.1 Å². The Kier molecular flexibility index (Phi) is 5.80. The molecule has 0 bridgehead atoms. The third kappa shape index (κ3) is 4.06. The van der Waals surface area contributed by atoms with Gasteiger partial charge in [0.15, 0.2) is 0 Å². The van der Waals surface area contributed by atoms with E-state index in [1.165, 1.54) is 12.1 Å². The lowest BCUT2D eigenvalue weighted by Gasteiger charge is -2.32. The molecule has 0 N–H and O–H groups in total. The van der Waals surface area contributed by atoms with Gasteiger partial charge in [-0.1, -0.05) is 25.1 Å². The predicted molar refractivity (Wildman–Crippen MR) is 119 cm³/mol. The SMILES string of the molecule is CCCN(C(=O)c1ccc2c(c1)nc(C)n2C)C(c1ccc(F)cc1)c1cccnc1. The molecule has 0 aliphatic heterocycles. The van der Waals surface area contributed by atoms with Gasteiger partial charge in [0.05, 0.1) is 17.1 Å². The van der Waals surface area contributed by atoms with E-state index in [0.717, 1.165) is 34.4 Å². The van der Waals surface area contributed by atoms with Gasteiger partial charge in [0.1, 0.15) is 11.6 Å². The molecular weight excluding hydrogens is 391 g/mol. The van der Waals surface area contributed by atoms with Crippen LogP contribution in [0.25, 0.3) is 11.0 Å². The lowest BCUT2D eigenvalue weighted by atomic mass is 9.97. The molecule has 0 saturated carbocycles. The quantitative estimate of drug-likeness (QED) is 0.442. The van der Waals surface area contributed by atoms with Gasteiger partial charge in [-0.15, -0.1) is 0 Å². The van der Waals surface area contributed by atoms with E-state index < -0.39 is 0 Å². The maximum absolute atomic E-state index is 13.7. The van der Waals surface area contributed by atoms with Gasteiger partial charge in [0, 0.05) is 31.5 Å². The Hall–Kier alpha value is -3.54. The molecule has 0 saturated heterocycles. The molecule has 2 aromatic carbocycles. The Bertz CT molecular complexity index is 1200. The Morgan fingerprint density at radius 2 is 1.90 bits per heavy atom. The van der Waals surface area contributed by atoms with Crippen molar-refractivity contribution in [2.45, 2.75) is 26.3 Å². The van der Waals surface area contributed by atoms with Crippen molar-refractivity contribution in [3.63, 3.8) is 0 Å². The minimum Gasteiger partial charge on any atom is -0.331 e. The van der Waals surface area contributed by atoms with E-state index in [4.69, 9.17) is 0 Å². The van der Waals surface area contributed by atoms with Gasteiger partial charge >= 0.3 is 0 Å². The first-order valence-corrected chi connectivity index (χ1v) is 10.4. The highest BCUT2D eigenvalue weighted by Crippen LogP contribution is 2.30. The summed E-state index contributed by atoms with van der Waals surface area (Å²) in [5.74, 6) is 0.493. The average molecular weight is 417 g/mol. The maximum Gasteiger partial charge on any atom is 0.254 e. The zero-order valence-electron chi connectivity index (χ0n) is 17.9. The van der Waals surface area contributed by atoms with Gasteiger partial charge in [-0.3, -0.25) is 9.78 Å². The van der Waals surface area contributed by atoms with Crippen molar-refractivity contribution in [3.05, 3.63) is 95.3 Å². The van der Waals surface area contributed by atoms with Crippen LogP contribution in [0.3, 0.4) is 0 Å². The number of pyridine rings is 1. The molecule has 5 nitrogen and oxygen atoms in total. The zero-order valence-corrected chi connectivity index (χ0v) is 17.9. The van der Waals surface area contributed by atoms with E-state index >= 15 is 0 Å². The number of fused-ring (bicyclic) bond motifs is 1. The summed E-state index contributed by atoms with van der Waals surface area (Å²) in [5, 5.41) is 0. The van der Waals surface area contributed by atoms with Crippen LogP contribution in [0.4, 0.5) is 4.39 Å². The van der Waals surface area contributed by atoms with E-state index in [2.05, 4.69) is 9.97 Å². The predicted octanol–water partition coefficient (Wildman–Crippen LogP) is 5.06. The van der Waals surface area contributed by atoms with Gasteiger partial charge in [-0.2, -0.15) is 0 Å². The standard InChI is InChI=1S/C25H25FN4O/c1-4-14-30(25(31)19-9-12-23-22(15-19)28-17(2)29(23)3)24(20-6-5-13-27-16-20)18-7-10-21(26)11-8-18/h5-13,15-16,24H,4,14H2,1-3H3. The zero-order chi connectivity index (χ0) is 22.0. The van der Waals surface area contributed by atoms with Crippen molar-refractivity contribution >= 4 is 16.9 Å². The van der Waals surface area contributed by atoms with E-state index in [9.17, 15) is 9.18 Å². The lowest BCUT2D eigenvalue weighted by Crippen LogP contribution is -2.36. The van der Waals surface area contributed by atoms with Crippen LogP contribution in [0.1, 0.15) is 46.7 Å². The number of amides is 1. The molecule has 158 valence electrons. The Labute approximate surface area is 181 Å². The number of aryl methyl sites for hydroxylation is 2. The number of aromatic nitrogens is 3. The number of imidazole rings is 1. The first-order chi connectivity index (χ1) is 15.0. The van der Waals surface area contributed by atoms with Crippen molar-refractivity contribution in [1.82, 2.24) is 19.4 Å². The molecule has 6 heteroatoms. The van der Waals surface area contributed by atoms with Crippen LogP contribution in [0.15, 0.2) is 67.0 Å². The number of benzene rings is 2. The molecule has 0 spiro atoms. The first-order valence-electron chi connectivity index (χ1n) is 10.4. The average Bonchev–Trinajstić information content (AvgIpc) is 3.08. The van der Waals surface area contributed by atoms with Crippen LogP contribution < -0.4 is 0 Å². The Morgan fingerprint density at radius 1 is 1.13 bits per heavy atom. The fourth-order valence-corrected chi connectivity index (χ4v) is 3.94. The van der Waals surface area contributed by atoms with Crippen molar-refractivity contribution in [2.75, 3.05) is 6.54 Å². The molecule has 0 aliphatic carbocycles. The van der Waals surface area contributed by atoms with Crippen LogP contribution in [0, 0.1) is 12.7 Å². The Morgan fingerprint density at radius 3 is 2.58 bits per heavy atom. The highest BCUT2D eigenvalue weighted by molar-refractivity contribution is 5.98. The van der Waals surface area contributed by atoms with Crippen molar-refractivity contribution < 1.29 is 9.18 Å². The van der Waals surface area contributed by atoms with Crippen molar-refractivity contribution in [2.24, 2.45) is 7.05 Å². The van der Waals surface area contributed by atoms with Crippen LogP contribution in [0.5, 0.6) is 0 Å². The van der Waals surface area contributed by atoms with Gasteiger partial charge < -0.3 is 9.47 Å². The second kappa shape index (κ2) is 8.68. The number of hydrogen-bond acceptors (Lipinski definition) is 3. The van der Waals surface area contributed by atoms with Crippen LogP contribution in [-0.4, -0.2) is 31.9 Å². The fraction of sp³-hybridized carbons (Fsp3) is 0.240. The molecule has 2 aromatic heterocycles. The third-order valence-electron chi connectivity index (χ3n) is 5.57. The summed E-state index contributed by atoms with van der Waals surface area (Å²) in [7, 11) is 1.96. The largest absolute Gasteiger partial charge is 0.331 e. The Balaban J connectivity index is 1.80. The summed E-state index contributed by atoms with van der Waals surface area (Å²) in [6, 6.07) is 15.4. The third-order valence-corrected chi connectivity index (χ3v) is 5.57. The second-order valence-electron chi connectivity index (χ2n) is 7.66. The van der Waals surface area contributed by atoms with Crippen LogP contribution in [0.2, 0.25) is 0 Å². The summed E-state index contributed by atoms with van der Waals surface area (Å²) >= 11 is 0. The fourth-order valence-electron chi connectivity index (χ4n) is 3.94. The maximum atomic E-state index is 13.7. The number of halogens is 1. The van der Waals surface area contributed by atoms with Crippen LogP contribution >= 0.6 is 0 Å². The van der Waals surface area contributed by atoms with Crippen LogP contribution in [-0.2, 0) is 7.05 Å².